The summed E-state index contributed by atoms with van der Waals surface area (Å²) in [7, 11) is 0. The normalized spacial score (nSPS) is 24.4. The summed E-state index contributed by atoms with van der Waals surface area (Å²) in [4.78, 5) is 0. The number of fused-ring (bicyclic) bond motifs is 1. The lowest BCUT2D eigenvalue weighted by Crippen LogP contribution is -2.57. The number of benzene rings is 1. The minimum absolute atomic E-state index is 0.0108. The molecule has 1 aromatic rings. The Kier molecular flexibility index (Phi) is 4.68. The van der Waals surface area contributed by atoms with Crippen LogP contribution in [0.3, 0.4) is 0 Å². The van der Waals surface area contributed by atoms with Crippen molar-refractivity contribution in [3.63, 3.8) is 0 Å². The molecule has 0 saturated heterocycles. The number of phenols is 1. The molecule has 2 atom stereocenters. The summed E-state index contributed by atoms with van der Waals surface area (Å²) in [6, 6.07) is 5.41. The predicted octanol–water partition coefficient (Wildman–Crippen LogP) is 1.71. The highest BCUT2D eigenvalue weighted by Crippen LogP contribution is 2.43. The Balaban J connectivity index is 2.45. The van der Waals surface area contributed by atoms with E-state index in [9.17, 15) is 5.11 Å². The number of aliphatic hydroxyl groups excluding tert-OH is 1. The number of hydrogen-bond acceptors (Lipinski definition) is 4. The van der Waals surface area contributed by atoms with Crippen LogP contribution in [-0.4, -0.2) is 35.6 Å². The third kappa shape index (κ3) is 2.43. The quantitative estimate of drug-likeness (QED) is 0.767. The molecule has 1 aromatic carbocycles. The fraction of sp³-hybridized carbons (Fsp3) is 0.625. The van der Waals surface area contributed by atoms with Gasteiger partial charge in [0.1, 0.15) is 5.75 Å². The molecule has 0 amide bonds. The van der Waals surface area contributed by atoms with Crippen molar-refractivity contribution in [2.45, 2.75) is 50.7 Å². The van der Waals surface area contributed by atoms with Gasteiger partial charge in [0.05, 0.1) is 19.3 Å². The third-order valence-electron chi connectivity index (χ3n) is 4.77. The first-order chi connectivity index (χ1) is 9.58. The van der Waals surface area contributed by atoms with Crippen LogP contribution in [0.4, 0.5) is 0 Å². The van der Waals surface area contributed by atoms with E-state index in [1.165, 1.54) is 5.56 Å². The number of nitrogens with two attached hydrogens (primary N) is 1. The summed E-state index contributed by atoms with van der Waals surface area (Å²) in [5.74, 6) is 0.289. The lowest BCUT2D eigenvalue weighted by Gasteiger charge is -2.47. The smallest absolute Gasteiger partial charge is 0.115 e. The highest BCUT2D eigenvalue weighted by molar-refractivity contribution is 5.44. The minimum Gasteiger partial charge on any atom is -0.508 e. The van der Waals surface area contributed by atoms with Crippen LogP contribution in [0.25, 0.3) is 0 Å². The van der Waals surface area contributed by atoms with Gasteiger partial charge in [0.25, 0.3) is 0 Å². The number of aromatic hydroxyl groups is 1. The molecule has 0 heterocycles. The van der Waals surface area contributed by atoms with Crippen LogP contribution in [0, 0.1) is 0 Å². The van der Waals surface area contributed by atoms with E-state index >= 15 is 0 Å². The van der Waals surface area contributed by atoms with Gasteiger partial charge in [-0.15, -0.1) is 0 Å². The largest absolute Gasteiger partial charge is 0.508 e. The summed E-state index contributed by atoms with van der Waals surface area (Å²) in [6.45, 7) is 4.59. The number of ether oxygens (including phenoxy) is 1. The first-order valence-corrected chi connectivity index (χ1v) is 7.39. The molecule has 4 N–H and O–H groups in total. The van der Waals surface area contributed by atoms with E-state index in [0.29, 0.717) is 6.61 Å². The van der Waals surface area contributed by atoms with Crippen molar-refractivity contribution < 1.29 is 14.9 Å². The van der Waals surface area contributed by atoms with Gasteiger partial charge < -0.3 is 20.7 Å². The van der Waals surface area contributed by atoms with E-state index in [0.717, 1.165) is 24.8 Å². The monoisotopic (exact) mass is 279 g/mol. The number of phenolic OH excluding ortho intramolecular Hbond substituents is 1. The average Bonchev–Trinajstić information content (AvgIpc) is 2.46. The van der Waals surface area contributed by atoms with Gasteiger partial charge in [0.15, 0.2) is 0 Å². The van der Waals surface area contributed by atoms with Gasteiger partial charge in [-0.25, -0.2) is 0 Å². The van der Waals surface area contributed by atoms with Crippen LogP contribution in [0.2, 0.25) is 0 Å². The molecule has 4 heteroatoms. The highest BCUT2D eigenvalue weighted by atomic mass is 16.5. The lowest BCUT2D eigenvalue weighted by molar-refractivity contribution is -0.0104. The Hall–Kier alpha value is -1.10. The summed E-state index contributed by atoms with van der Waals surface area (Å²) in [5, 5.41) is 18.8. The Bertz CT molecular complexity index is 457. The summed E-state index contributed by atoms with van der Waals surface area (Å²) >= 11 is 0. The van der Waals surface area contributed by atoms with E-state index in [-0.39, 0.29) is 29.9 Å². The number of aliphatic hydroxyl groups is 1. The molecule has 20 heavy (non-hydrogen) atoms. The zero-order chi connectivity index (χ0) is 14.8. The number of rotatable bonds is 5. The van der Waals surface area contributed by atoms with Gasteiger partial charge in [0.2, 0.25) is 0 Å². The molecule has 2 rings (SSSR count). The van der Waals surface area contributed by atoms with E-state index in [1.807, 2.05) is 12.1 Å². The fourth-order valence-electron chi connectivity index (χ4n) is 3.55. The van der Waals surface area contributed by atoms with Gasteiger partial charge in [-0.3, -0.25) is 0 Å². The standard InChI is InChI=1S/C16H25NO3/c1-3-16(4-2)13-10-12(19)6-5-11(13)9-14(15(16)17)20-8-7-18/h5-6,10,14-15,18-19H,3-4,7-9,17H2,1-2H3/t14-,15+/m0/s1. The summed E-state index contributed by atoms with van der Waals surface area (Å²) in [5.41, 5.74) is 8.67. The van der Waals surface area contributed by atoms with Crippen LogP contribution in [0.15, 0.2) is 18.2 Å². The summed E-state index contributed by atoms with van der Waals surface area (Å²) in [6.07, 6.45) is 2.46. The van der Waals surface area contributed by atoms with Crippen molar-refractivity contribution >= 4 is 0 Å². The summed E-state index contributed by atoms with van der Waals surface area (Å²) < 4.78 is 5.75. The first kappa shape index (κ1) is 15.3. The molecule has 0 bridgehead atoms. The van der Waals surface area contributed by atoms with E-state index < -0.39 is 0 Å². The zero-order valence-electron chi connectivity index (χ0n) is 12.3. The van der Waals surface area contributed by atoms with Crippen molar-refractivity contribution in [1.82, 2.24) is 0 Å². The van der Waals surface area contributed by atoms with Crippen LogP contribution in [0.1, 0.15) is 37.8 Å². The average molecular weight is 279 g/mol. The van der Waals surface area contributed by atoms with Crippen molar-refractivity contribution in [3.05, 3.63) is 29.3 Å². The van der Waals surface area contributed by atoms with Crippen molar-refractivity contribution in [2.75, 3.05) is 13.2 Å². The molecule has 0 saturated carbocycles. The second kappa shape index (κ2) is 6.12. The van der Waals surface area contributed by atoms with Crippen molar-refractivity contribution in [2.24, 2.45) is 5.73 Å². The molecule has 0 aliphatic heterocycles. The predicted molar refractivity (Wildman–Crippen MR) is 78.9 cm³/mol. The van der Waals surface area contributed by atoms with E-state index in [4.69, 9.17) is 15.6 Å². The van der Waals surface area contributed by atoms with Crippen molar-refractivity contribution in [3.8, 4) is 5.75 Å². The Morgan fingerprint density at radius 2 is 2.05 bits per heavy atom. The van der Waals surface area contributed by atoms with Crippen molar-refractivity contribution in [1.29, 1.82) is 0 Å². The molecule has 4 nitrogen and oxygen atoms in total. The Labute approximate surface area is 120 Å². The highest BCUT2D eigenvalue weighted by Gasteiger charge is 2.45. The molecular weight excluding hydrogens is 254 g/mol. The first-order valence-electron chi connectivity index (χ1n) is 7.39. The topological polar surface area (TPSA) is 75.7 Å². The van der Waals surface area contributed by atoms with Crippen LogP contribution in [0.5, 0.6) is 5.75 Å². The molecule has 1 aliphatic carbocycles. The SMILES string of the molecule is CCC1(CC)c2cc(O)ccc2C[C@H](OCCO)[C@H]1N. The van der Waals surface area contributed by atoms with Gasteiger partial charge in [-0.05, 0) is 36.1 Å². The molecule has 0 unspecified atom stereocenters. The van der Waals surface area contributed by atoms with Gasteiger partial charge in [-0.2, -0.15) is 0 Å². The Morgan fingerprint density at radius 3 is 2.65 bits per heavy atom. The van der Waals surface area contributed by atoms with Gasteiger partial charge in [-0.1, -0.05) is 19.9 Å². The second-order valence-electron chi connectivity index (χ2n) is 5.57. The minimum atomic E-state index is -0.174. The lowest BCUT2D eigenvalue weighted by atomic mass is 9.63. The fourth-order valence-corrected chi connectivity index (χ4v) is 3.55. The molecule has 112 valence electrons. The van der Waals surface area contributed by atoms with Gasteiger partial charge >= 0.3 is 0 Å². The van der Waals surface area contributed by atoms with Crippen LogP contribution < -0.4 is 5.73 Å². The maximum absolute atomic E-state index is 9.80. The third-order valence-corrected chi connectivity index (χ3v) is 4.77. The second-order valence-corrected chi connectivity index (χ2v) is 5.57. The van der Waals surface area contributed by atoms with Gasteiger partial charge in [0, 0.05) is 17.9 Å². The molecule has 0 radical (unpaired) electrons. The maximum Gasteiger partial charge on any atom is 0.115 e. The molecule has 0 spiro atoms. The number of hydrogen-bond donors (Lipinski definition) is 3. The van der Waals surface area contributed by atoms with E-state index in [2.05, 4.69) is 13.8 Å². The molecule has 0 aromatic heterocycles. The van der Waals surface area contributed by atoms with E-state index in [1.54, 1.807) is 6.07 Å². The maximum atomic E-state index is 9.80. The zero-order valence-corrected chi connectivity index (χ0v) is 12.3. The molecule has 1 aliphatic rings. The molecular formula is C16H25NO3. The Morgan fingerprint density at radius 1 is 1.35 bits per heavy atom. The van der Waals surface area contributed by atoms with Crippen LogP contribution >= 0.6 is 0 Å². The molecule has 0 fully saturated rings. The van der Waals surface area contributed by atoms with Crippen LogP contribution in [-0.2, 0) is 16.6 Å².